The largest absolute Gasteiger partial charge is 0.346 e. The zero-order chi connectivity index (χ0) is 20.3. The van der Waals surface area contributed by atoms with Crippen LogP contribution in [0.1, 0.15) is 29.6 Å². The number of hydrogen-bond donors (Lipinski definition) is 1. The van der Waals surface area contributed by atoms with Gasteiger partial charge in [0.1, 0.15) is 0 Å². The molecule has 0 bridgehead atoms. The molecule has 1 N–H and O–H groups in total. The maximum atomic E-state index is 5.65. The molecule has 0 aliphatic heterocycles. The molecule has 3 rings (SSSR count). The maximum Gasteiger partial charge on any atom is 0.173 e. The van der Waals surface area contributed by atoms with E-state index in [1.165, 1.54) is 5.56 Å². The highest BCUT2D eigenvalue weighted by molar-refractivity contribution is 9.10. The van der Waals surface area contributed by atoms with Crippen LogP contribution in [0.15, 0.2) is 41.0 Å². The summed E-state index contributed by atoms with van der Waals surface area (Å²) in [5.74, 6) is 0. The molecule has 0 amide bonds. The standard InChI is InChI=1S/C20H25BrN6S/c1-5-26-18(17(21)11-22-26)13-25(4)20(28)23-19-14(2)24-27(15(19)3)12-16-9-7-6-8-10-16/h6-11H,5,12-13H2,1-4H3,(H,23,28). The number of benzene rings is 1. The van der Waals surface area contributed by atoms with Gasteiger partial charge in [-0.3, -0.25) is 9.36 Å². The Morgan fingerprint density at radius 2 is 1.93 bits per heavy atom. The lowest BCUT2D eigenvalue weighted by Gasteiger charge is -2.22. The van der Waals surface area contributed by atoms with Crippen LogP contribution >= 0.6 is 28.1 Å². The number of nitrogens with zero attached hydrogens (tertiary/aromatic N) is 5. The van der Waals surface area contributed by atoms with Gasteiger partial charge in [-0.1, -0.05) is 30.3 Å². The van der Waals surface area contributed by atoms with Crippen molar-refractivity contribution in [1.29, 1.82) is 0 Å². The minimum atomic E-state index is 0.654. The van der Waals surface area contributed by atoms with Gasteiger partial charge in [0.05, 0.1) is 46.5 Å². The second-order valence-corrected chi connectivity index (χ2v) is 7.97. The van der Waals surface area contributed by atoms with Crippen molar-refractivity contribution < 1.29 is 0 Å². The van der Waals surface area contributed by atoms with Crippen molar-refractivity contribution in [2.75, 3.05) is 12.4 Å². The number of halogens is 1. The molecule has 0 aliphatic carbocycles. The maximum absolute atomic E-state index is 5.65. The Morgan fingerprint density at radius 1 is 1.21 bits per heavy atom. The summed E-state index contributed by atoms with van der Waals surface area (Å²) < 4.78 is 4.97. The summed E-state index contributed by atoms with van der Waals surface area (Å²) in [7, 11) is 1.98. The van der Waals surface area contributed by atoms with Crippen LogP contribution in [0.25, 0.3) is 0 Å². The van der Waals surface area contributed by atoms with Gasteiger partial charge in [0.15, 0.2) is 5.11 Å². The molecule has 0 radical (unpaired) electrons. The Bertz CT molecular complexity index is 963. The fourth-order valence-corrected chi connectivity index (χ4v) is 3.69. The molecule has 3 aromatic rings. The third-order valence-electron chi connectivity index (χ3n) is 4.72. The summed E-state index contributed by atoms with van der Waals surface area (Å²) in [6.07, 6.45) is 1.82. The van der Waals surface area contributed by atoms with Crippen LogP contribution in [-0.2, 0) is 19.6 Å². The second kappa shape index (κ2) is 8.87. The van der Waals surface area contributed by atoms with Gasteiger partial charge in [-0.25, -0.2) is 0 Å². The van der Waals surface area contributed by atoms with E-state index in [0.29, 0.717) is 11.7 Å². The predicted octanol–water partition coefficient (Wildman–Crippen LogP) is 4.36. The molecule has 0 saturated heterocycles. The second-order valence-electron chi connectivity index (χ2n) is 6.73. The number of aromatic nitrogens is 4. The lowest BCUT2D eigenvalue weighted by atomic mass is 10.2. The Balaban J connectivity index is 1.72. The van der Waals surface area contributed by atoms with Gasteiger partial charge in [-0.15, -0.1) is 0 Å². The van der Waals surface area contributed by atoms with Gasteiger partial charge in [0, 0.05) is 13.6 Å². The number of rotatable bonds is 6. The van der Waals surface area contributed by atoms with Gasteiger partial charge in [0.2, 0.25) is 0 Å². The van der Waals surface area contributed by atoms with E-state index in [1.807, 2.05) is 52.6 Å². The summed E-state index contributed by atoms with van der Waals surface area (Å²) in [4.78, 5) is 2.01. The predicted molar refractivity (Wildman–Crippen MR) is 121 cm³/mol. The molecule has 1 aromatic carbocycles. The first kappa shape index (κ1) is 20.5. The van der Waals surface area contributed by atoms with E-state index in [0.717, 1.165) is 40.3 Å². The topological polar surface area (TPSA) is 50.9 Å². The minimum absolute atomic E-state index is 0.654. The van der Waals surface area contributed by atoms with E-state index in [2.05, 4.69) is 57.4 Å². The Hall–Kier alpha value is -2.19. The van der Waals surface area contributed by atoms with Crippen molar-refractivity contribution >= 4 is 38.9 Å². The number of anilines is 1. The van der Waals surface area contributed by atoms with Crippen molar-refractivity contribution in [1.82, 2.24) is 24.5 Å². The fourth-order valence-electron chi connectivity index (χ4n) is 3.10. The zero-order valence-corrected chi connectivity index (χ0v) is 19.0. The third-order valence-corrected chi connectivity index (χ3v) is 5.80. The zero-order valence-electron chi connectivity index (χ0n) is 16.6. The molecular formula is C20H25BrN6S. The van der Waals surface area contributed by atoms with Crippen LogP contribution in [0.4, 0.5) is 5.69 Å². The number of hydrogen-bond acceptors (Lipinski definition) is 3. The van der Waals surface area contributed by atoms with Crippen LogP contribution in [0.2, 0.25) is 0 Å². The van der Waals surface area contributed by atoms with Gasteiger partial charge in [0.25, 0.3) is 0 Å². The number of aryl methyl sites for hydroxylation is 2. The highest BCUT2D eigenvalue weighted by atomic mass is 79.9. The minimum Gasteiger partial charge on any atom is -0.346 e. The first-order valence-corrected chi connectivity index (χ1v) is 10.4. The molecular weight excluding hydrogens is 436 g/mol. The molecule has 0 fully saturated rings. The van der Waals surface area contributed by atoms with Crippen molar-refractivity contribution in [2.24, 2.45) is 0 Å². The van der Waals surface area contributed by atoms with E-state index >= 15 is 0 Å². The van der Waals surface area contributed by atoms with Crippen LogP contribution in [0.5, 0.6) is 0 Å². The van der Waals surface area contributed by atoms with Gasteiger partial charge >= 0.3 is 0 Å². The van der Waals surface area contributed by atoms with Gasteiger partial charge in [-0.05, 0) is 54.5 Å². The average molecular weight is 461 g/mol. The van der Waals surface area contributed by atoms with Crippen molar-refractivity contribution in [3.63, 3.8) is 0 Å². The van der Waals surface area contributed by atoms with Crippen LogP contribution in [0.3, 0.4) is 0 Å². The van der Waals surface area contributed by atoms with Gasteiger partial charge in [-0.2, -0.15) is 10.2 Å². The summed E-state index contributed by atoms with van der Waals surface area (Å²) in [6.45, 7) is 8.36. The highest BCUT2D eigenvalue weighted by Gasteiger charge is 2.17. The normalized spacial score (nSPS) is 10.9. The SMILES string of the molecule is CCn1ncc(Br)c1CN(C)C(=S)Nc1c(C)nn(Cc2ccccc2)c1C. The number of nitrogens with one attached hydrogen (secondary N) is 1. The van der Waals surface area contributed by atoms with E-state index in [1.54, 1.807) is 0 Å². The molecule has 0 aliphatic rings. The molecule has 0 unspecified atom stereocenters. The summed E-state index contributed by atoms with van der Waals surface area (Å²) in [5.41, 5.74) is 5.29. The Morgan fingerprint density at radius 3 is 2.61 bits per heavy atom. The lowest BCUT2D eigenvalue weighted by Crippen LogP contribution is -2.32. The quantitative estimate of drug-likeness (QED) is 0.553. The summed E-state index contributed by atoms with van der Waals surface area (Å²) in [6, 6.07) is 10.3. The Kier molecular flexibility index (Phi) is 6.51. The highest BCUT2D eigenvalue weighted by Crippen LogP contribution is 2.22. The third kappa shape index (κ3) is 4.44. The molecule has 6 nitrogen and oxygen atoms in total. The van der Waals surface area contributed by atoms with Crippen molar-refractivity contribution in [2.45, 2.75) is 40.4 Å². The summed E-state index contributed by atoms with van der Waals surface area (Å²) >= 11 is 9.22. The van der Waals surface area contributed by atoms with E-state index in [-0.39, 0.29) is 0 Å². The molecule has 148 valence electrons. The van der Waals surface area contributed by atoms with Crippen LogP contribution < -0.4 is 5.32 Å². The molecule has 0 spiro atoms. The first-order valence-electron chi connectivity index (χ1n) is 9.21. The van der Waals surface area contributed by atoms with Crippen LogP contribution in [0, 0.1) is 13.8 Å². The average Bonchev–Trinajstić information content (AvgIpc) is 3.16. The number of thiocarbonyl (C=S) groups is 1. The van der Waals surface area contributed by atoms with E-state index < -0.39 is 0 Å². The molecule has 2 aromatic heterocycles. The molecule has 0 atom stereocenters. The smallest absolute Gasteiger partial charge is 0.173 e. The van der Waals surface area contributed by atoms with Crippen molar-refractivity contribution in [3.8, 4) is 0 Å². The molecule has 28 heavy (non-hydrogen) atoms. The Labute approximate surface area is 179 Å². The lowest BCUT2D eigenvalue weighted by molar-refractivity contribution is 0.470. The molecule has 0 saturated carbocycles. The van der Waals surface area contributed by atoms with Crippen LogP contribution in [-0.4, -0.2) is 36.6 Å². The first-order chi connectivity index (χ1) is 13.4. The van der Waals surface area contributed by atoms with E-state index in [9.17, 15) is 0 Å². The monoisotopic (exact) mass is 460 g/mol. The summed E-state index contributed by atoms with van der Waals surface area (Å²) in [5, 5.41) is 13.1. The molecule has 8 heteroatoms. The van der Waals surface area contributed by atoms with Gasteiger partial charge < -0.3 is 10.2 Å². The fraction of sp³-hybridized carbons (Fsp3) is 0.350. The van der Waals surface area contributed by atoms with Crippen molar-refractivity contribution in [3.05, 3.63) is 63.6 Å². The molecule has 2 heterocycles. The van der Waals surface area contributed by atoms with E-state index in [4.69, 9.17) is 12.2 Å².